The minimum Gasteiger partial charge on any atom is -0.493 e. The third kappa shape index (κ3) is 3.13. The fraction of sp³-hybridized carbons (Fsp3) is 0.571. The molecule has 3 nitrogen and oxygen atoms in total. The van der Waals surface area contributed by atoms with Crippen molar-refractivity contribution in [3.05, 3.63) is 23.8 Å². The molecule has 2 rings (SSSR count). The minimum absolute atomic E-state index is 0.491. The first-order valence-corrected chi connectivity index (χ1v) is 6.36. The molecule has 1 unspecified atom stereocenters. The Morgan fingerprint density at radius 2 is 2.24 bits per heavy atom. The van der Waals surface area contributed by atoms with Gasteiger partial charge in [0.2, 0.25) is 0 Å². The Balaban J connectivity index is 1.98. The lowest BCUT2D eigenvalue weighted by Crippen LogP contribution is -2.28. The van der Waals surface area contributed by atoms with Gasteiger partial charge in [0, 0.05) is 6.04 Å². The molecule has 1 atom stereocenters. The van der Waals surface area contributed by atoms with Crippen molar-refractivity contribution in [1.29, 1.82) is 0 Å². The topological polar surface area (TPSA) is 30.5 Å². The number of nitrogens with one attached hydrogen (secondary N) is 1. The molecule has 0 bridgehead atoms. The van der Waals surface area contributed by atoms with E-state index in [1.807, 2.05) is 6.07 Å². The van der Waals surface area contributed by atoms with Crippen LogP contribution in [0.25, 0.3) is 0 Å². The molecular formula is C14H21NO2. The minimum atomic E-state index is 0.491. The number of hydrogen-bond donors (Lipinski definition) is 1. The second kappa shape index (κ2) is 5.92. The van der Waals surface area contributed by atoms with E-state index in [-0.39, 0.29) is 0 Å². The van der Waals surface area contributed by atoms with Gasteiger partial charge in [0.15, 0.2) is 11.5 Å². The van der Waals surface area contributed by atoms with Crippen LogP contribution in [-0.2, 0) is 6.42 Å². The van der Waals surface area contributed by atoms with Gasteiger partial charge in [0.25, 0.3) is 0 Å². The first-order chi connectivity index (χ1) is 8.33. The molecule has 17 heavy (non-hydrogen) atoms. The monoisotopic (exact) mass is 235 g/mol. The zero-order valence-corrected chi connectivity index (χ0v) is 10.7. The maximum absolute atomic E-state index is 5.82. The summed E-state index contributed by atoms with van der Waals surface area (Å²) >= 11 is 0. The standard InChI is InChI=1S/C14H21NO2/c1-3-11-6-7-13(14(9-11)16-2)17-10-12-5-4-8-15-12/h6-7,9,12,15H,3-5,8,10H2,1-2H3. The summed E-state index contributed by atoms with van der Waals surface area (Å²) in [6.07, 6.45) is 3.47. The molecule has 1 fully saturated rings. The first kappa shape index (κ1) is 12.2. The van der Waals surface area contributed by atoms with E-state index in [1.54, 1.807) is 7.11 Å². The van der Waals surface area contributed by atoms with E-state index in [4.69, 9.17) is 9.47 Å². The second-order valence-corrected chi connectivity index (χ2v) is 4.44. The third-order valence-electron chi connectivity index (χ3n) is 3.24. The fourth-order valence-corrected chi connectivity index (χ4v) is 2.14. The van der Waals surface area contributed by atoms with Crippen molar-refractivity contribution in [2.24, 2.45) is 0 Å². The number of aryl methyl sites for hydroxylation is 1. The number of rotatable bonds is 5. The quantitative estimate of drug-likeness (QED) is 0.850. The van der Waals surface area contributed by atoms with E-state index in [2.05, 4.69) is 24.4 Å². The third-order valence-corrected chi connectivity index (χ3v) is 3.24. The van der Waals surface area contributed by atoms with Gasteiger partial charge < -0.3 is 14.8 Å². The summed E-state index contributed by atoms with van der Waals surface area (Å²) in [5.74, 6) is 1.68. The fourth-order valence-electron chi connectivity index (χ4n) is 2.14. The van der Waals surface area contributed by atoms with Crippen LogP contribution in [0.2, 0.25) is 0 Å². The molecule has 1 aromatic rings. The van der Waals surface area contributed by atoms with E-state index in [0.29, 0.717) is 6.04 Å². The lowest BCUT2D eigenvalue weighted by Gasteiger charge is -2.15. The predicted octanol–water partition coefficient (Wildman–Crippen LogP) is 2.39. The van der Waals surface area contributed by atoms with Gasteiger partial charge in [-0.3, -0.25) is 0 Å². The highest BCUT2D eigenvalue weighted by Gasteiger charge is 2.15. The number of ether oxygens (including phenoxy) is 2. The molecule has 0 radical (unpaired) electrons. The number of methoxy groups -OCH3 is 1. The van der Waals surface area contributed by atoms with Gasteiger partial charge in [-0.2, -0.15) is 0 Å². The van der Waals surface area contributed by atoms with Crippen molar-refractivity contribution in [1.82, 2.24) is 5.32 Å². The Bertz CT molecular complexity index is 359. The highest BCUT2D eigenvalue weighted by molar-refractivity contribution is 5.42. The van der Waals surface area contributed by atoms with E-state index < -0.39 is 0 Å². The van der Waals surface area contributed by atoms with Crippen molar-refractivity contribution in [2.45, 2.75) is 32.2 Å². The van der Waals surface area contributed by atoms with Gasteiger partial charge in [-0.15, -0.1) is 0 Å². The van der Waals surface area contributed by atoms with E-state index in [0.717, 1.165) is 31.1 Å². The van der Waals surface area contributed by atoms with Gasteiger partial charge >= 0.3 is 0 Å². The zero-order valence-electron chi connectivity index (χ0n) is 10.7. The summed E-state index contributed by atoms with van der Waals surface area (Å²) in [6, 6.07) is 6.65. The smallest absolute Gasteiger partial charge is 0.161 e. The van der Waals surface area contributed by atoms with Gasteiger partial charge in [0.05, 0.1) is 7.11 Å². The largest absolute Gasteiger partial charge is 0.493 e. The van der Waals surface area contributed by atoms with Gasteiger partial charge in [-0.1, -0.05) is 13.0 Å². The first-order valence-electron chi connectivity index (χ1n) is 6.36. The summed E-state index contributed by atoms with van der Waals surface area (Å²) in [5, 5.41) is 3.42. The summed E-state index contributed by atoms with van der Waals surface area (Å²) in [7, 11) is 1.69. The lowest BCUT2D eigenvalue weighted by atomic mass is 10.1. The summed E-state index contributed by atoms with van der Waals surface area (Å²) in [5.41, 5.74) is 1.27. The normalized spacial score (nSPS) is 19.3. The number of benzene rings is 1. The average molecular weight is 235 g/mol. The maximum Gasteiger partial charge on any atom is 0.161 e. The van der Waals surface area contributed by atoms with Crippen molar-refractivity contribution in [2.75, 3.05) is 20.3 Å². The molecule has 0 aliphatic carbocycles. The van der Waals surface area contributed by atoms with Gasteiger partial charge in [0.1, 0.15) is 6.61 Å². The van der Waals surface area contributed by atoms with Crippen LogP contribution in [0.1, 0.15) is 25.3 Å². The maximum atomic E-state index is 5.82. The molecular weight excluding hydrogens is 214 g/mol. The molecule has 1 heterocycles. The van der Waals surface area contributed by atoms with Crippen LogP contribution in [0.3, 0.4) is 0 Å². The summed E-state index contributed by atoms with van der Waals surface area (Å²) in [6.45, 7) is 3.97. The van der Waals surface area contributed by atoms with Crippen LogP contribution in [0.15, 0.2) is 18.2 Å². The van der Waals surface area contributed by atoms with Crippen LogP contribution in [-0.4, -0.2) is 26.3 Å². The zero-order chi connectivity index (χ0) is 12.1. The summed E-state index contributed by atoms with van der Waals surface area (Å²) in [4.78, 5) is 0. The van der Waals surface area contributed by atoms with Crippen molar-refractivity contribution >= 4 is 0 Å². The van der Waals surface area contributed by atoms with Gasteiger partial charge in [-0.05, 0) is 43.5 Å². The molecule has 0 saturated carbocycles. The summed E-state index contributed by atoms with van der Waals surface area (Å²) < 4.78 is 11.2. The molecule has 1 N–H and O–H groups in total. The van der Waals surface area contributed by atoms with Crippen LogP contribution >= 0.6 is 0 Å². The highest BCUT2D eigenvalue weighted by atomic mass is 16.5. The van der Waals surface area contributed by atoms with Crippen LogP contribution in [0, 0.1) is 0 Å². The van der Waals surface area contributed by atoms with Crippen molar-refractivity contribution in [3.8, 4) is 11.5 Å². The van der Waals surface area contributed by atoms with Crippen molar-refractivity contribution < 1.29 is 9.47 Å². The Kier molecular flexibility index (Phi) is 4.26. The number of hydrogen-bond acceptors (Lipinski definition) is 3. The van der Waals surface area contributed by atoms with E-state index in [1.165, 1.54) is 18.4 Å². The molecule has 0 spiro atoms. The Morgan fingerprint density at radius 1 is 1.35 bits per heavy atom. The van der Waals surface area contributed by atoms with Gasteiger partial charge in [-0.25, -0.2) is 0 Å². The van der Waals surface area contributed by atoms with E-state index in [9.17, 15) is 0 Å². The van der Waals surface area contributed by atoms with Crippen LogP contribution in [0.5, 0.6) is 11.5 Å². The molecule has 0 aromatic heterocycles. The second-order valence-electron chi connectivity index (χ2n) is 4.44. The van der Waals surface area contributed by atoms with Crippen LogP contribution < -0.4 is 14.8 Å². The molecule has 1 saturated heterocycles. The predicted molar refractivity (Wildman–Crippen MR) is 68.9 cm³/mol. The van der Waals surface area contributed by atoms with Crippen molar-refractivity contribution in [3.63, 3.8) is 0 Å². The SMILES string of the molecule is CCc1ccc(OCC2CCCN2)c(OC)c1. The molecule has 1 aliphatic heterocycles. The lowest BCUT2D eigenvalue weighted by molar-refractivity contribution is 0.262. The Hall–Kier alpha value is -1.22. The Labute approximate surface area is 103 Å². The molecule has 94 valence electrons. The average Bonchev–Trinajstić information content (AvgIpc) is 2.89. The Morgan fingerprint density at radius 3 is 2.88 bits per heavy atom. The highest BCUT2D eigenvalue weighted by Crippen LogP contribution is 2.28. The van der Waals surface area contributed by atoms with E-state index >= 15 is 0 Å². The molecule has 1 aromatic carbocycles. The molecule has 1 aliphatic rings. The molecule has 3 heteroatoms. The molecule has 0 amide bonds. The van der Waals surface area contributed by atoms with Crippen LogP contribution in [0.4, 0.5) is 0 Å².